The summed E-state index contributed by atoms with van der Waals surface area (Å²) >= 11 is 14.4. The molecule has 1 atom stereocenters. The predicted octanol–water partition coefficient (Wildman–Crippen LogP) is 4.68. The Morgan fingerprint density at radius 3 is 2.82 bits per heavy atom. The number of benzene rings is 1. The van der Waals surface area contributed by atoms with Gasteiger partial charge in [-0.1, -0.05) is 11.6 Å². The molecule has 22 heavy (non-hydrogen) atoms. The lowest BCUT2D eigenvalue weighted by atomic mass is 10.2. The maximum absolute atomic E-state index is 6.19. The highest BCUT2D eigenvalue weighted by Crippen LogP contribution is 2.38. The van der Waals surface area contributed by atoms with Gasteiger partial charge in [0.2, 0.25) is 5.28 Å². The fourth-order valence-corrected chi connectivity index (χ4v) is 3.49. The van der Waals surface area contributed by atoms with E-state index in [2.05, 4.69) is 42.4 Å². The van der Waals surface area contributed by atoms with Crippen LogP contribution in [0.5, 0.6) is 5.75 Å². The molecule has 0 aliphatic heterocycles. The number of fused-ring (bicyclic) bond motifs is 1. The molecule has 3 rings (SSSR count). The molecule has 6 nitrogen and oxygen atoms in total. The molecule has 10 heteroatoms. The van der Waals surface area contributed by atoms with Crippen molar-refractivity contribution in [1.82, 2.24) is 19.5 Å². The van der Waals surface area contributed by atoms with E-state index in [4.69, 9.17) is 27.9 Å². The zero-order chi connectivity index (χ0) is 15.7. The third-order valence-electron chi connectivity index (χ3n) is 2.88. The molecule has 0 spiro atoms. The van der Waals surface area contributed by atoms with E-state index >= 15 is 0 Å². The van der Waals surface area contributed by atoms with E-state index in [-0.39, 0.29) is 5.28 Å². The molecule has 3 aromatic rings. The van der Waals surface area contributed by atoms with E-state index in [1.807, 2.05) is 10.6 Å². The van der Waals surface area contributed by atoms with Crippen molar-refractivity contribution in [2.24, 2.45) is 0 Å². The smallest absolute Gasteiger partial charge is 0.224 e. The van der Waals surface area contributed by atoms with Gasteiger partial charge in [-0.05, 0) is 45.8 Å². The highest BCUT2D eigenvalue weighted by atomic mass is 127. The number of methoxy groups -OCH3 is 1. The Hall–Kier alpha value is -0.890. The number of hydrogen-bond donors (Lipinski definition) is 1. The van der Waals surface area contributed by atoms with Crippen LogP contribution in [0.3, 0.4) is 0 Å². The van der Waals surface area contributed by atoms with Gasteiger partial charge in [0.15, 0.2) is 5.75 Å². The van der Waals surface area contributed by atoms with E-state index in [9.17, 15) is 0 Å². The lowest BCUT2D eigenvalue weighted by Gasteiger charge is -2.12. The normalized spacial score (nSPS) is 11.5. The van der Waals surface area contributed by atoms with Crippen molar-refractivity contribution in [2.45, 2.75) is 0 Å². The van der Waals surface area contributed by atoms with Gasteiger partial charge in [-0.3, -0.25) is 0 Å². The molecule has 0 aliphatic carbocycles. The average Bonchev–Trinajstić information content (AvgIpc) is 2.95. The van der Waals surface area contributed by atoms with Gasteiger partial charge in [-0.25, -0.2) is 9.44 Å². The van der Waals surface area contributed by atoms with Gasteiger partial charge in [0, 0.05) is 0 Å². The first kappa shape index (κ1) is 16.0. The van der Waals surface area contributed by atoms with E-state index < -0.39 is 0 Å². The molecule has 2 aromatic heterocycles. The van der Waals surface area contributed by atoms with Crippen molar-refractivity contribution >= 4 is 74.0 Å². The minimum absolute atomic E-state index is 0.141. The molecule has 2 heterocycles. The molecule has 1 aromatic carbocycles. The quantitative estimate of drug-likeness (QED) is 0.343. The SMILES string of the molecule is COc1c(Cl)ccc2nc(Cl)nc(Nc3cnn(PI)c3)c12. The molecular formula is C12H9Cl2IN5OP. The summed E-state index contributed by atoms with van der Waals surface area (Å²) in [5.74, 6) is 1.02. The lowest BCUT2D eigenvalue weighted by molar-refractivity contribution is 0.420. The standard InChI is InChI=1S/C12H9Cl2IN5OP/c1-21-10-7(13)2-3-8-9(10)11(19-12(14)18-8)17-6-4-16-20(5-6)22-15/h2-5,22H,1H3,(H,17,18,19). The topological polar surface area (TPSA) is 64.9 Å². The van der Waals surface area contributed by atoms with E-state index in [1.54, 1.807) is 25.4 Å². The number of halogens is 3. The minimum Gasteiger partial charge on any atom is -0.494 e. The van der Waals surface area contributed by atoms with Crippen molar-refractivity contribution in [3.8, 4) is 5.75 Å². The molecule has 114 valence electrons. The monoisotopic (exact) mass is 467 g/mol. The van der Waals surface area contributed by atoms with E-state index in [0.717, 1.165) is 5.69 Å². The van der Waals surface area contributed by atoms with Crippen molar-refractivity contribution in [2.75, 3.05) is 12.4 Å². The lowest BCUT2D eigenvalue weighted by Crippen LogP contribution is -1.99. The van der Waals surface area contributed by atoms with Crippen LogP contribution in [0, 0.1) is 0 Å². The van der Waals surface area contributed by atoms with Crippen LogP contribution in [-0.2, 0) is 0 Å². The van der Waals surface area contributed by atoms with Gasteiger partial charge >= 0.3 is 0 Å². The van der Waals surface area contributed by atoms with Crippen molar-refractivity contribution in [1.29, 1.82) is 0 Å². The summed E-state index contributed by atoms with van der Waals surface area (Å²) in [6.45, 7) is 0. The van der Waals surface area contributed by atoms with Crippen molar-refractivity contribution in [3.05, 3.63) is 34.8 Å². The van der Waals surface area contributed by atoms with Crippen LogP contribution in [0.4, 0.5) is 11.5 Å². The van der Waals surface area contributed by atoms with Crippen LogP contribution in [-0.4, -0.2) is 26.6 Å². The Labute approximate surface area is 150 Å². The molecule has 0 saturated carbocycles. The van der Waals surface area contributed by atoms with Gasteiger partial charge in [0.25, 0.3) is 0 Å². The van der Waals surface area contributed by atoms with Gasteiger partial charge in [-0.15, -0.1) is 0 Å². The molecule has 0 bridgehead atoms. The number of nitrogens with zero attached hydrogens (tertiary/aromatic N) is 4. The number of aromatic nitrogens is 4. The van der Waals surface area contributed by atoms with E-state index in [0.29, 0.717) is 33.9 Å². The third kappa shape index (κ3) is 3.08. The first-order valence-electron chi connectivity index (χ1n) is 6.00. The predicted molar refractivity (Wildman–Crippen MR) is 99.4 cm³/mol. The molecule has 0 radical (unpaired) electrons. The fraction of sp³-hybridized carbons (Fsp3) is 0.0833. The summed E-state index contributed by atoms with van der Waals surface area (Å²) in [4.78, 5) is 8.45. The second kappa shape index (κ2) is 6.70. The third-order valence-corrected chi connectivity index (χ3v) is 5.24. The van der Waals surface area contributed by atoms with Gasteiger partial charge in [0.1, 0.15) is 5.82 Å². The number of anilines is 2. The maximum atomic E-state index is 6.19. The summed E-state index contributed by atoms with van der Waals surface area (Å²) in [5.41, 5.74) is 1.44. The van der Waals surface area contributed by atoms with Gasteiger partial charge < -0.3 is 10.1 Å². The molecule has 1 unspecified atom stereocenters. The molecule has 1 N–H and O–H groups in total. The molecule has 0 saturated heterocycles. The number of rotatable bonds is 4. The summed E-state index contributed by atoms with van der Waals surface area (Å²) in [7, 11) is 1.55. The van der Waals surface area contributed by atoms with Crippen LogP contribution in [0.1, 0.15) is 0 Å². The van der Waals surface area contributed by atoms with Crippen LogP contribution < -0.4 is 10.1 Å². The Kier molecular flexibility index (Phi) is 4.87. The summed E-state index contributed by atoms with van der Waals surface area (Å²) in [6, 6.07) is 3.49. The molecule has 0 aliphatic rings. The molecular weight excluding hydrogens is 459 g/mol. The number of ether oxygens (including phenoxy) is 1. The Balaban J connectivity index is 2.16. The Bertz CT molecular complexity index is 844. The maximum Gasteiger partial charge on any atom is 0.224 e. The van der Waals surface area contributed by atoms with Gasteiger partial charge in [-0.2, -0.15) is 10.1 Å². The highest BCUT2D eigenvalue weighted by molar-refractivity contribution is 14.2. The number of nitrogens with one attached hydrogen (secondary N) is 1. The summed E-state index contributed by atoms with van der Waals surface area (Å²) in [6.07, 6.45) is 4.11. The molecule has 0 amide bonds. The van der Waals surface area contributed by atoms with Crippen LogP contribution in [0.25, 0.3) is 10.9 Å². The zero-order valence-electron chi connectivity index (χ0n) is 11.1. The average molecular weight is 468 g/mol. The minimum atomic E-state index is 0.141. The first-order chi connectivity index (χ1) is 10.6. The van der Waals surface area contributed by atoms with E-state index in [1.165, 1.54) is 0 Å². The van der Waals surface area contributed by atoms with Gasteiger partial charge in [0.05, 0.1) is 47.5 Å². The van der Waals surface area contributed by atoms with Crippen LogP contribution >= 0.6 is 51.6 Å². The van der Waals surface area contributed by atoms with Crippen molar-refractivity contribution in [3.63, 3.8) is 0 Å². The summed E-state index contributed by atoms with van der Waals surface area (Å²) in [5, 5.41) is 8.70. The van der Waals surface area contributed by atoms with Crippen LogP contribution in [0.15, 0.2) is 24.5 Å². The second-order valence-electron chi connectivity index (χ2n) is 4.20. The largest absolute Gasteiger partial charge is 0.494 e. The van der Waals surface area contributed by atoms with Crippen molar-refractivity contribution < 1.29 is 4.74 Å². The fourth-order valence-electron chi connectivity index (χ4n) is 2.00. The second-order valence-corrected chi connectivity index (χ2v) is 7.02. The molecule has 0 fully saturated rings. The Morgan fingerprint density at radius 2 is 2.14 bits per heavy atom. The highest BCUT2D eigenvalue weighted by Gasteiger charge is 2.15. The summed E-state index contributed by atoms with van der Waals surface area (Å²) < 4.78 is 7.20. The number of hydrogen-bond acceptors (Lipinski definition) is 5. The zero-order valence-corrected chi connectivity index (χ0v) is 15.8. The Morgan fingerprint density at radius 1 is 1.32 bits per heavy atom. The first-order valence-corrected chi connectivity index (χ1v) is 10.8. The van der Waals surface area contributed by atoms with Crippen LogP contribution in [0.2, 0.25) is 10.3 Å².